The number of hydrogen-bond acceptors (Lipinski definition) is 3. The average molecular weight is 320 g/mol. The molecule has 6 nitrogen and oxygen atoms in total. The van der Waals surface area contributed by atoms with Gasteiger partial charge >= 0.3 is 0 Å². The molecule has 0 atom stereocenters. The van der Waals surface area contributed by atoms with E-state index in [4.69, 9.17) is 7.98 Å². The van der Waals surface area contributed by atoms with E-state index in [2.05, 4.69) is 21.4 Å². The number of aromatic amines is 1. The van der Waals surface area contributed by atoms with E-state index in [0.717, 1.165) is 16.7 Å². The summed E-state index contributed by atoms with van der Waals surface area (Å²) >= 11 is 0. The molecule has 120 valence electrons. The van der Waals surface area contributed by atoms with Crippen molar-refractivity contribution < 1.29 is 4.79 Å². The molecule has 2 aromatic heterocycles. The fourth-order valence-electron chi connectivity index (χ4n) is 2.79. The molecule has 24 heavy (non-hydrogen) atoms. The van der Waals surface area contributed by atoms with Gasteiger partial charge in [0.15, 0.2) is 5.65 Å². The van der Waals surface area contributed by atoms with Crippen LogP contribution in [-0.2, 0) is 6.42 Å². The number of aromatic nitrogens is 3. The minimum absolute atomic E-state index is 0.213. The maximum atomic E-state index is 12.8. The smallest absolute Gasteiger partial charge is 0.276 e. The van der Waals surface area contributed by atoms with Crippen LogP contribution < -0.4 is 10.8 Å². The molecule has 2 heterocycles. The van der Waals surface area contributed by atoms with Gasteiger partial charge in [0.1, 0.15) is 5.56 Å². The zero-order chi connectivity index (χ0) is 17.4. The standard InChI is InChI=1S/C17H17BN4O2/c1-9-4-5-10(2)12(6-9)7-13-11(3)20-15-14(16(23)21-18)8-19-22(15)17(13)24/h4-6,8,19H,7H2,1-3H3,(H,21,23). The van der Waals surface area contributed by atoms with Gasteiger partial charge in [0.25, 0.3) is 5.56 Å². The summed E-state index contributed by atoms with van der Waals surface area (Å²) in [4.78, 5) is 29.0. The summed E-state index contributed by atoms with van der Waals surface area (Å²) in [5, 5.41) is 4.83. The third kappa shape index (κ3) is 2.62. The van der Waals surface area contributed by atoms with E-state index >= 15 is 0 Å². The molecule has 3 aromatic rings. The molecule has 0 aliphatic heterocycles. The highest BCUT2D eigenvalue weighted by Crippen LogP contribution is 2.16. The fourth-order valence-corrected chi connectivity index (χ4v) is 2.79. The van der Waals surface area contributed by atoms with Crippen LogP contribution in [0.5, 0.6) is 0 Å². The molecule has 0 saturated heterocycles. The van der Waals surface area contributed by atoms with Crippen molar-refractivity contribution in [2.75, 3.05) is 0 Å². The van der Waals surface area contributed by atoms with Crippen molar-refractivity contribution >= 4 is 19.5 Å². The summed E-state index contributed by atoms with van der Waals surface area (Å²) in [6.07, 6.45) is 1.92. The van der Waals surface area contributed by atoms with E-state index in [-0.39, 0.29) is 16.8 Å². The van der Waals surface area contributed by atoms with Crippen LogP contribution in [-0.4, -0.2) is 28.5 Å². The van der Waals surface area contributed by atoms with Crippen molar-refractivity contribution in [3.05, 3.63) is 68.3 Å². The monoisotopic (exact) mass is 320 g/mol. The Morgan fingerprint density at radius 2 is 2.08 bits per heavy atom. The Morgan fingerprint density at radius 3 is 2.79 bits per heavy atom. The number of fused-ring (bicyclic) bond motifs is 1. The lowest BCUT2D eigenvalue weighted by molar-refractivity contribution is 0.0983. The first-order valence-corrected chi connectivity index (χ1v) is 7.59. The van der Waals surface area contributed by atoms with E-state index < -0.39 is 5.91 Å². The average Bonchev–Trinajstić information content (AvgIpc) is 2.97. The highest BCUT2D eigenvalue weighted by molar-refractivity contribution is 6.19. The van der Waals surface area contributed by atoms with Crippen molar-refractivity contribution in [3.63, 3.8) is 0 Å². The van der Waals surface area contributed by atoms with Crippen LogP contribution in [0.2, 0.25) is 0 Å². The number of carbonyl (C=O) groups excluding carboxylic acids is 1. The lowest BCUT2D eigenvalue weighted by Crippen LogP contribution is -2.24. The molecule has 0 aliphatic carbocycles. The van der Waals surface area contributed by atoms with E-state index in [1.807, 2.05) is 26.0 Å². The Labute approximate surface area is 140 Å². The van der Waals surface area contributed by atoms with E-state index in [1.54, 1.807) is 6.92 Å². The van der Waals surface area contributed by atoms with Gasteiger partial charge in [-0.05, 0) is 31.9 Å². The summed E-state index contributed by atoms with van der Waals surface area (Å²) in [5.74, 6) is -0.498. The SMILES string of the molecule is [B]NC(=O)c1c[nH]n2c(=O)c(Cc3cc(C)ccc3C)c(C)nc12. The van der Waals surface area contributed by atoms with Crippen molar-refractivity contribution in [3.8, 4) is 0 Å². The van der Waals surface area contributed by atoms with Gasteiger partial charge < -0.3 is 5.23 Å². The summed E-state index contributed by atoms with van der Waals surface area (Å²) < 4.78 is 1.28. The van der Waals surface area contributed by atoms with Crippen molar-refractivity contribution in [1.82, 2.24) is 19.8 Å². The van der Waals surface area contributed by atoms with Crippen molar-refractivity contribution in [1.29, 1.82) is 0 Å². The van der Waals surface area contributed by atoms with Crippen LogP contribution in [0.3, 0.4) is 0 Å². The largest absolute Gasteiger partial charge is 0.405 e. The minimum atomic E-state index is -0.498. The fraction of sp³-hybridized carbons (Fsp3) is 0.235. The quantitative estimate of drug-likeness (QED) is 0.715. The van der Waals surface area contributed by atoms with E-state index in [0.29, 0.717) is 17.7 Å². The Hall–Kier alpha value is -2.83. The number of nitrogens with one attached hydrogen (secondary N) is 2. The van der Waals surface area contributed by atoms with Crippen LogP contribution in [0.4, 0.5) is 0 Å². The lowest BCUT2D eigenvalue weighted by atomic mass is 9.98. The Kier molecular flexibility index (Phi) is 4.01. The first-order chi connectivity index (χ1) is 11.4. The highest BCUT2D eigenvalue weighted by atomic mass is 16.1. The summed E-state index contributed by atoms with van der Waals surface area (Å²) in [7, 11) is 5.16. The van der Waals surface area contributed by atoms with E-state index in [9.17, 15) is 9.59 Å². The number of amides is 1. The number of aryl methyl sites for hydroxylation is 3. The van der Waals surface area contributed by atoms with Gasteiger partial charge in [-0.1, -0.05) is 23.8 Å². The third-order valence-electron chi connectivity index (χ3n) is 4.21. The molecule has 3 rings (SSSR count). The molecule has 1 aromatic carbocycles. The van der Waals surface area contributed by atoms with Gasteiger partial charge in [-0.25, -0.2) is 9.50 Å². The molecule has 7 heteroatoms. The maximum Gasteiger partial charge on any atom is 0.276 e. The molecule has 2 radical (unpaired) electrons. The predicted octanol–water partition coefficient (Wildman–Crippen LogP) is 1.35. The second-order valence-electron chi connectivity index (χ2n) is 5.91. The number of benzene rings is 1. The van der Waals surface area contributed by atoms with E-state index in [1.165, 1.54) is 10.7 Å². The molecule has 0 aliphatic rings. The minimum Gasteiger partial charge on any atom is -0.405 e. The second-order valence-corrected chi connectivity index (χ2v) is 5.91. The Bertz CT molecular complexity index is 1000. The van der Waals surface area contributed by atoms with Gasteiger partial charge in [0, 0.05) is 23.9 Å². The van der Waals surface area contributed by atoms with Gasteiger partial charge in [-0.2, -0.15) is 0 Å². The summed E-state index contributed by atoms with van der Waals surface area (Å²) in [6.45, 7) is 5.82. The molecule has 0 saturated carbocycles. The van der Waals surface area contributed by atoms with Gasteiger partial charge in [0.2, 0.25) is 13.9 Å². The van der Waals surface area contributed by atoms with Crippen LogP contribution in [0.1, 0.15) is 38.3 Å². The number of hydrogen-bond donors (Lipinski definition) is 2. The van der Waals surface area contributed by atoms with Crippen LogP contribution in [0.15, 0.2) is 29.2 Å². The normalized spacial score (nSPS) is 11.0. The van der Waals surface area contributed by atoms with Gasteiger partial charge in [-0.3, -0.25) is 14.7 Å². The number of carbonyl (C=O) groups is 1. The molecule has 1 amide bonds. The van der Waals surface area contributed by atoms with Crippen molar-refractivity contribution in [2.24, 2.45) is 0 Å². The molecule has 0 bridgehead atoms. The molecular formula is C17H17BN4O2. The zero-order valence-electron chi connectivity index (χ0n) is 13.8. The Morgan fingerprint density at radius 1 is 1.33 bits per heavy atom. The third-order valence-corrected chi connectivity index (χ3v) is 4.21. The van der Waals surface area contributed by atoms with Crippen molar-refractivity contribution in [2.45, 2.75) is 27.2 Å². The highest BCUT2D eigenvalue weighted by Gasteiger charge is 2.17. The van der Waals surface area contributed by atoms with Crippen LogP contribution >= 0.6 is 0 Å². The Balaban J connectivity index is 2.15. The first kappa shape index (κ1) is 16.0. The lowest BCUT2D eigenvalue weighted by Gasteiger charge is -2.09. The van der Waals surface area contributed by atoms with Gasteiger partial charge in [0.05, 0.1) is 0 Å². The summed E-state index contributed by atoms with van der Waals surface area (Å²) in [6, 6.07) is 6.16. The number of H-pyrrole nitrogens is 1. The predicted molar refractivity (Wildman–Crippen MR) is 92.5 cm³/mol. The molecule has 2 N–H and O–H groups in total. The molecule has 0 unspecified atom stereocenters. The summed E-state index contributed by atoms with van der Waals surface area (Å²) in [5.41, 5.74) is 4.84. The maximum absolute atomic E-state index is 12.8. The number of nitrogens with zero attached hydrogens (tertiary/aromatic N) is 2. The topological polar surface area (TPSA) is 79.3 Å². The van der Waals surface area contributed by atoms with Crippen LogP contribution in [0, 0.1) is 20.8 Å². The first-order valence-electron chi connectivity index (χ1n) is 7.59. The molecular weight excluding hydrogens is 303 g/mol. The molecule has 0 fully saturated rings. The molecule has 0 spiro atoms. The second kappa shape index (κ2) is 6.00. The number of rotatable bonds is 3. The van der Waals surface area contributed by atoms with Crippen LogP contribution in [0.25, 0.3) is 5.65 Å². The zero-order valence-corrected chi connectivity index (χ0v) is 13.8. The van der Waals surface area contributed by atoms with Gasteiger partial charge in [-0.15, -0.1) is 0 Å².